The standard InChI is InChI=1S/C34H35N3O3S/c1-21-19-22(2)35-32-29(21)26-11-6-7-12-27(26)37(32)20-23-14-16-25(17-15-23)30(24-9-4-5-10-24)33(38)36-31(34(39)40-3)28-13-8-18-41-28/h6-8,11-19,24,30-31H,4-5,9-10,20H2,1-3H3,(H,36,38). The predicted molar refractivity (Wildman–Crippen MR) is 164 cm³/mol. The summed E-state index contributed by atoms with van der Waals surface area (Å²) in [7, 11) is 1.36. The van der Waals surface area contributed by atoms with Gasteiger partial charge in [0.05, 0.1) is 18.5 Å². The largest absolute Gasteiger partial charge is 0.467 e. The lowest BCUT2D eigenvalue weighted by Crippen LogP contribution is -2.39. The van der Waals surface area contributed by atoms with Crippen LogP contribution in [0.3, 0.4) is 0 Å². The third-order valence-corrected chi connectivity index (χ3v) is 9.37. The minimum Gasteiger partial charge on any atom is -0.467 e. The number of aromatic nitrogens is 2. The fourth-order valence-electron chi connectivity index (χ4n) is 6.53. The van der Waals surface area contributed by atoms with Crippen LogP contribution < -0.4 is 5.32 Å². The van der Waals surface area contributed by atoms with Crippen molar-refractivity contribution < 1.29 is 14.3 Å². The van der Waals surface area contributed by atoms with Crippen LogP contribution in [-0.4, -0.2) is 28.5 Å². The molecular weight excluding hydrogens is 530 g/mol. The predicted octanol–water partition coefficient (Wildman–Crippen LogP) is 7.22. The molecule has 3 heterocycles. The van der Waals surface area contributed by atoms with Crippen molar-refractivity contribution in [2.24, 2.45) is 5.92 Å². The monoisotopic (exact) mass is 565 g/mol. The molecule has 1 aliphatic rings. The number of carbonyl (C=O) groups is 2. The molecule has 0 bridgehead atoms. The van der Waals surface area contributed by atoms with Crippen LogP contribution in [0.5, 0.6) is 0 Å². The number of aryl methyl sites for hydroxylation is 2. The molecule has 2 unspecified atom stereocenters. The number of esters is 1. The van der Waals surface area contributed by atoms with E-state index in [9.17, 15) is 9.59 Å². The van der Waals surface area contributed by atoms with E-state index in [0.717, 1.165) is 53.0 Å². The Balaban J connectivity index is 1.31. The van der Waals surface area contributed by atoms with Crippen LogP contribution in [0.2, 0.25) is 0 Å². The molecule has 6 rings (SSSR count). The summed E-state index contributed by atoms with van der Waals surface area (Å²) < 4.78 is 7.33. The summed E-state index contributed by atoms with van der Waals surface area (Å²) in [4.78, 5) is 32.1. The summed E-state index contributed by atoms with van der Waals surface area (Å²) in [5, 5.41) is 7.35. The van der Waals surface area contributed by atoms with E-state index in [4.69, 9.17) is 9.72 Å². The van der Waals surface area contributed by atoms with E-state index in [1.54, 1.807) is 0 Å². The highest BCUT2D eigenvalue weighted by molar-refractivity contribution is 7.10. The Kier molecular flexibility index (Phi) is 7.63. The van der Waals surface area contributed by atoms with E-state index in [-0.39, 0.29) is 17.7 Å². The number of methoxy groups -OCH3 is 1. The molecule has 210 valence electrons. The number of pyridine rings is 1. The van der Waals surface area contributed by atoms with Crippen molar-refractivity contribution >= 4 is 45.1 Å². The molecule has 1 amide bonds. The second-order valence-corrected chi connectivity index (χ2v) is 12.1. The lowest BCUT2D eigenvalue weighted by atomic mass is 9.83. The second kappa shape index (κ2) is 11.5. The second-order valence-electron chi connectivity index (χ2n) is 11.1. The summed E-state index contributed by atoms with van der Waals surface area (Å²) in [6.07, 6.45) is 4.26. The van der Waals surface area contributed by atoms with Crippen molar-refractivity contribution in [3.63, 3.8) is 0 Å². The van der Waals surface area contributed by atoms with Crippen LogP contribution in [0.1, 0.15) is 64.9 Å². The Morgan fingerprint density at radius 1 is 1.05 bits per heavy atom. The Morgan fingerprint density at radius 3 is 2.51 bits per heavy atom. The number of amides is 1. The van der Waals surface area contributed by atoms with Crippen LogP contribution in [0.4, 0.5) is 0 Å². The summed E-state index contributed by atoms with van der Waals surface area (Å²) in [6.45, 7) is 4.88. The fourth-order valence-corrected chi connectivity index (χ4v) is 7.30. The molecular formula is C34H35N3O3S. The Labute approximate surface area is 244 Å². The SMILES string of the molecule is COC(=O)C(NC(=O)C(c1ccc(Cn2c3ccccc3c3c(C)cc(C)nc32)cc1)C1CCCC1)c1cccs1. The van der Waals surface area contributed by atoms with E-state index in [1.165, 1.54) is 40.3 Å². The molecule has 1 aliphatic carbocycles. The van der Waals surface area contributed by atoms with Crippen LogP contribution in [-0.2, 0) is 20.9 Å². The van der Waals surface area contributed by atoms with E-state index in [1.807, 2.05) is 24.4 Å². The molecule has 0 saturated heterocycles. The maximum Gasteiger partial charge on any atom is 0.333 e. The lowest BCUT2D eigenvalue weighted by Gasteiger charge is -2.25. The minimum absolute atomic E-state index is 0.119. The molecule has 2 atom stereocenters. The molecule has 2 aromatic carbocycles. The number of benzene rings is 2. The van der Waals surface area contributed by atoms with Gasteiger partial charge in [0, 0.05) is 27.9 Å². The van der Waals surface area contributed by atoms with Crippen molar-refractivity contribution in [3.05, 3.63) is 99.4 Å². The van der Waals surface area contributed by atoms with Gasteiger partial charge < -0.3 is 14.6 Å². The van der Waals surface area contributed by atoms with Crippen LogP contribution in [0.15, 0.2) is 72.1 Å². The lowest BCUT2D eigenvalue weighted by molar-refractivity contribution is -0.145. The topological polar surface area (TPSA) is 73.2 Å². The van der Waals surface area contributed by atoms with Crippen LogP contribution in [0, 0.1) is 19.8 Å². The van der Waals surface area contributed by atoms with Gasteiger partial charge in [0.1, 0.15) is 5.65 Å². The zero-order valence-corrected chi connectivity index (χ0v) is 24.5. The summed E-state index contributed by atoms with van der Waals surface area (Å²) in [6, 6.07) is 22.0. The van der Waals surface area contributed by atoms with E-state index < -0.39 is 12.0 Å². The summed E-state index contributed by atoms with van der Waals surface area (Å²) in [5.41, 5.74) is 6.54. The first kappa shape index (κ1) is 27.2. The van der Waals surface area contributed by atoms with Gasteiger partial charge in [-0.25, -0.2) is 9.78 Å². The van der Waals surface area contributed by atoms with Gasteiger partial charge in [-0.2, -0.15) is 0 Å². The smallest absolute Gasteiger partial charge is 0.333 e. The first-order chi connectivity index (χ1) is 19.9. The van der Waals surface area contributed by atoms with E-state index in [0.29, 0.717) is 6.54 Å². The minimum atomic E-state index is -0.801. The third kappa shape index (κ3) is 5.26. The Hall–Kier alpha value is -3.97. The van der Waals surface area contributed by atoms with Gasteiger partial charge in [-0.05, 0) is 72.9 Å². The van der Waals surface area contributed by atoms with Gasteiger partial charge in [0.15, 0.2) is 6.04 Å². The highest BCUT2D eigenvalue weighted by Gasteiger charge is 2.35. The van der Waals surface area contributed by atoms with Crippen molar-refractivity contribution in [2.75, 3.05) is 7.11 Å². The molecule has 0 spiro atoms. The van der Waals surface area contributed by atoms with Gasteiger partial charge in [-0.3, -0.25) is 4.79 Å². The van der Waals surface area contributed by atoms with E-state index >= 15 is 0 Å². The maximum atomic E-state index is 13.8. The molecule has 0 radical (unpaired) electrons. The first-order valence-electron chi connectivity index (χ1n) is 14.3. The normalized spacial score (nSPS) is 15.3. The van der Waals surface area contributed by atoms with Crippen molar-refractivity contribution in [1.29, 1.82) is 0 Å². The molecule has 3 aromatic heterocycles. The van der Waals surface area contributed by atoms with Gasteiger partial charge in [0.25, 0.3) is 0 Å². The van der Waals surface area contributed by atoms with Crippen molar-refractivity contribution in [1.82, 2.24) is 14.9 Å². The number of thiophene rings is 1. The highest BCUT2D eigenvalue weighted by atomic mass is 32.1. The number of nitrogens with zero attached hydrogens (tertiary/aromatic N) is 2. The van der Waals surface area contributed by atoms with Crippen molar-refractivity contribution in [3.8, 4) is 0 Å². The number of para-hydroxylation sites is 1. The molecule has 1 N–H and O–H groups in total. The van der Waals surface area contributed by atoms with Gasteiger partial charge in [-0.15, -0.1) is 11.3 Å². The number of carbonyl (C=O) groups excluding carboxylic acids is 2. The Morgan fingerprint density at radius 2 is 1.80 bits per heavy atom. The quantitative estimate of drug-likeness (QED) is 0.202. The van der Waals surface area contributed by atoms with Crippen molar-refractivity contribution in [2.45, 2.75) is 58.0 Å². The molecule has 41 heavy (non-hydrogen) atoms. The van der Waals surface area contributed by atoms with Crippen LogP contribution >= 0.6 is 11.3 Å². The number of hydrogen-bond acceptors (Lipinski definition) is 5. The zero-order valence-electron chi connectivity index (χ0n) is 23.7. The maximum absolute atomic E-state index is 13.8. The number of rotatable bonds is 8. The number of hydrogen-bond donors (Lipinski definition) is 1. The van der Waals surface area contributed by atoms with Gasteiger partial charge >= 0.3 is 5.97 Å². The average molecular weight is 566 g/mol. The highest BCUT2D eigenvalue weighted by Crippen LogP contribution is 2.39. The summed E-state index contributed by atoms with van der Waals surface area (Å²) >= 11 is 1.44. The Bertz CT molecular complexity index is 1700. The molecule has 1 fully saturated rings. The molecule has 5 aromatic rings. The molecule has 0 aliphatic heterocycles. The van der Waals surface area contributed by atoms with E-state index in [2.05, 4.69) is 71.4 Å². The third-order valence-electron chi connectivity index (χ3n) is 8.43. The molecule has 1 saturated carbocycles. The molecule has 7 heteroatoms. The zero-order chi connectivity index (χ0) is 28.5. The van der Waals surface area contributed by atoms with Gasteiger partial charge in [-0.1, -0.05) is 61.4 Å². The number of ether oxygens (including phenoxy) is 1. The average Bonchev–Trinajstić information content (AvgIpc) is 3.75. The summed E-state index contributed by atoms with van der Waals surface area (Å²) in [5.74, 6) is -0.647. The molecule has 6 nitrogen and oxygen atoms in total. The number of fused-ring (bicyclic) bond motifs is 3. The number of nitrogens with one attached hydrogen (secondary N) is 1. The van der Waals surface area contributed by atoms with Crippen LogP contribution in [0.25, 0.3) is 21.9 Å². The first-order valence-corrected chi connectivity index (χ1v) is 15.2. The fraction of sp³-hybridized carbons (Fsp3) is 0.324. The van der Waals surface area contributed by atoms with Gasteiger partial charge in [0.2, 0.25) is 5.91 Å².